The maximum absolute atomic E-state index is 8.58. The van der Waals surface area contributed by atoms with E-state index < -0.39 is 0 Å². The van der Waals surface area contributed by atoms with Gasteiger partial charge < -0.3 is 16.0 Å². The van der Waals surface area contributed by atoms with E-state index >= 15 is 0 Å². The number of rotatable bonds is 2. The van der Waals surface area contributed by atoms with Crippen LogP contribution in [0.3, 0.4) is 0 Å². The van der Waals surface area contributed by atoms with Gasteiger partial charge in [0.15, 0.2) is 0 Å². The van der Waals surface area contributed by atoms with Gasteiger partial charge in [0, 0.05) is 23.8 Å². The van der Waals surface area contributed by atoms with Crippen molar-refractivity contribution in [3.63, 3.8) is 0 Å². The molecule has 21 heavy (non-hydrogen) atoms. The van der Waals surface area contributed by atoms with Gasteiger partial charge in [-0.05, 0) is 37.2 Å². The van der Waals surface area contributed by atoms with Crippen LogP contribution in [0.25, 0.3) is 10.9 Å². The Labute approximate surface area is 124 Å². The summed E-state index contributed by atoms with van der Waals surface area (Å²) < 4.78 is 0. The Balaban J connectivity index is 0.000000409. The molecule has 2 aliphatic carbocycles. The normalized spacial score (nSPS) is 27.0. The number of nitrogens with zero attached hydrogens (tertiary/aromatic N) is 1. The summed E-state index contributed by atoms with van der Waals surface area (Å²) in [6.45, 7) is 0. The van der Waals surface area contributed by atoms with E-state index in [-0.39, 0.29) is 6.41 Å². The van der Waals surface area contributed by atoms with Crippen LogP contribution in [0.1, 0.15) is 32.1 Å². The van der Waals surface area contributed by atoms with E-state index in [1.54, 1.807) is 0 Å². The SMILES string of the molecule is NC=O.c1cc2c(NC3CC4CCC(C4)C3)c[nH]c2cn1. The molecule has 5 heteroatoms. The van der Waals surface area contributed by atoms with Gasteiger partial charge in [-0.15, -0.1) is 0 Å². The van der Waals surface area contributed by atoms with Gasteiger partial charge >= 0.3 is 0 Å². The Morgan fingerprint density at radius 3 is 2.71 bits per heavy atom. The van der Waals surface area contributed by atoms with Gasteiger partial charge in [0.2, 0.25) is 6.41 Å². The molecule has 4 rings (SSSR count). The first-order valence-electron chi connectivity index (χ1n) is 7.63. The molecule has 2 atom stereocenters. The Morgan fingerprint density at radius 2 is 2.00 bits per heavy atom. The lowest BCUT2D eigenvalue weighted by atomic mass is 9.85. The first-order chi connectivity index (χ1) is 10.3. The van der Waals surface area contributed by atoms with E-state index in [1.165, 1.54) is 43.2 Å². The zero-order valence-electron chi connectivity index (χ0n) is 12.1. The second kappa shape index (κ2) is 6.16. The highest BCUT2D eigenvalue weighted by atomic mass is 16.1. The van der Waals surface area contributed by atoms with E-state index in [1.807, 2.05) is 12.4 Å². The number of pyridine rings is 1. The predicted molar refractivity (Wildman–Crippen MR) is 83.8 cm³/mol. The molecule has 0 aromatic carbocycles. The summed E-state index contributed by atoms with van der Waals surface area (Å²) in [5.74, 6) is 1.96. The molecular formula is C16H22N4O. The molecule has 2 fully saturated rings. The average Bonchev–Trinajstić information content (AvgIpc) is 3.04. The number of H-pyrrole nitrogens is 1. The molecule has 1 amide bonds. The van der Waals surface area contributed by atoms with Crippen LogP contribution < -0.4 is 11.1 Å². The van der Waals surface area contributed by atoms with Gasteiger partial charge in [-0.3, -0.25) is 9.78 Å². The van der Waals surface area contributed by atoms with Crippen molar-refractivity contribution < 1.29 is 4.79 Å². The van der Waals surface area contributed by atoms with Crippen molar-refractivity contribution in [2.75, 3.05) is 5.32 Å². The van der Waals surface area contributed by atoms with Crippen LogP contribution in [0.4, 0.5) is 5.69 Å². The van der Waals surface area contributed by atoms with Gasteiger partial charge in [-0.25, -0.2) is 0 Å². The van der Waals surface area contributed by atoms with Crippen molar-refractivity contribution in [3.05, 3.63) is 24.7 Å². The second-order valence-corrected chi connectivity index (χ2v) is 6.12. The number of nitrogens with one attached hydrogen (secondary N) is 2. The minimum atomic E-state index is 0.250. The molecule has 2 unspecified atom stereocenters. The summed E-state index contributed by atoms with van der Waals surface area (Å²) in [6.07, 6.45) is 13.2. The first kappa shape index (κ1) is 13.9. The van der Waals surface area contributed by atoms with E-state index in [0.29, 0.717) is 6.04 Å². The van der Waals surface area contributed by atoms with Crippen molar-refractivity contribution in [1.82, 2.24) is 9.97 Å². The van der Waals surface area contributed by atoms with Crippen LogP contribution >= 0.6 is 0 Å². The van der Waals surface area contributed by atoms with Crippen LogP contribution in [0, 0.1) is 11.8 Å². The van der Waals surface area contributed by atoms with Crippen molar-refractivity contribution in [3.8, 4) is 0 Å². The predicted octanol–water partition coefficient (Wildman–Crippen LogP) is 2.66. The molecule has 112 valence electrons. The number of nitrogens with two attached hydrogens (primary N) is 1. The third-order valence-electron chi connectivity index (χ3n) is 4.73. The Bertz CT molecular complexity index is 597. The lowest BCUT2D eigenvalue weighted by Crippen LogP contribution is -2.27. The molecule has 2 saturated carbocycles. The van der Waals surface area contributed by atoms with Gasteiger partial charge in [-0.1, -0.05) is 12.8 Å². The van der Waals surface area contributed by atoms with Crippen molar-refractivity contribution in [1.29, 1.82) is 0 Å². The molecule has 5 nitrogen and oxygen atoms in total. The zero-order chi connectivity index (χ0) is 14.7. The molecule has 0 aliphatic heterocycles. The van der Waals surface area contributed by atoms with Crippen LogP contribution in [0.2, 0.25) is 0 Å². The highest BCUT2D eigenvalue weighted by Gasteiger charge is 2.34. The third-order valence-corrected chi connectivity index (χ3v) is 4.73. The summed E-state index contributed by atoms with van der Waals surface area (Å²) >= 11 is 0. The lowest BCUT2D eigenvalue weighted by Gasteiger charge is -2.28. The molecule has 2 aromatic rings. The molecule has 2 aliphatic rings. The van der Waals surface area contributed by atoms with Crippen LogP contribution in [0.15, 0.2) is 24.7 Å². The third kappa shape index (κ3) is 3.01. The van der Waals surface area contributed by atoms with E-state index in [0.717, 1.165) is 17.4 Å². The minimum absolute atomic E-state index is 0.250. The number of primary amides is 1. The maximum atomic E-state index is 8.58. The van der Waals surface area contributed by atoms with Gasteiger partial charge in [0.1, 0.15) is 0 Å². The number of carbonyl (C=O) groups is 1. The number of hydrogen-bond acceptors (Lipinski definition) is 3. The molecule has 4 N–H and O–H groups in total. The number of amides is 1. The Hall–Kier alpha value is -2.04. The Morgan fingerprint density at radius 1 is 1.29 bits per heavy atom. The molecule has 2 aromatic heterocycles. The van der Waals surface area contributed by atoms with Gasteiger partial charge in [-0.2, -0.15) is 0 Å². The number of carbonyl (C=O) groups excluding carboxylic acids is 1. The molecule has 0 spiro atoms. The maximum Gasteiger partial charge on any atom is 0.204 e. The van der Waals surface area contributed by atoms with Crippen molar-refractivity contribution in [2.24, 2.45) is 17.6 Å². The van der Waals surface area contributed by atoms with Gasteiger partial charge in [0.25, 0.3) is 0 Å². The molecule has 2 heterocycles. The number of aromatic nitrogens is 2. The van der Waals surface area contributed by atoms with E-state index in [4.69, 9.17) is 4.79 Å². The number of fused-ring (bicyclic) bond motifs is 3. The lowest BCUT2D eigenvalue weighted by molar-refractivity contribution is -0.106. The summed E-state index contributed by atoms with van der Waals surface area (Å²) in [4.78, 5) is 16.0. The fraction of sp³-hybridized carbons (Fsp3) is 0.500. The Kier molecular flexibility index (Phi) is 4.08. The highest BCUT2D eigenvalue weighted by molar-refractivity contribution is 5.91. The zero-order valence-corrected chi connectivity index (χ0v) is 12.1. The largest absolute Gasteiger partial charge is 0.381 e. The fourth-order valence-electron chi connectivity index (χ4n) is 3.94. The summed E-state index contributed by atoms with van der Waals surface area (Å²) in [5, 5.41) is 5.01. The molecule has 2 bridgehead atoms. The summed E-state index contributed by atoms with van der Waals surface area (Å²) in [6, 6.07) is 2.76. The quantitative estimate of drug-likeness (QED) is 0.742. The first-order valence-corrected chi connectivity index (χ1v) is 7.63. The van der Waals surface area contributed by atoms with Crippen LogP contribution in [-0.2, 0) is 4.79 Å². The van der Waals surface area contributed by atoms with Crippen molar-refractivity contribution >= 4 is 23.0 Å². The topological polar surface area (TPSA) is 83.8 Å². The summed E-state index contributed by atoms with van der Waals surface area (Å²) in [7, 11) is 0. The van der Waals surface area contributed by atoms with Crippen LogP contribution in [0.5, 0.6) is 0 Å². The number of aromatic amines is 1. The molecular weight excluding hydrogens is 264 g/mol. The van der Waals surface area contributed by atoms with Crippen molar-refractivity contribution in [2.45, 2.75) is 38.1 Å². The van der Waals surface area contributed by atoms with E-state index in [9.17, 15) is 0 Å². The smallest absolute Gasteiger partial charge is 0.204 e. The summed E-state index contributed by atoms with van der Waals surface area (Å²) in [5.41, 5.74) is 6.54. The second-order valence-electron chi connectivity index (χ2n) is 6.12. The number of hydrogen-bond donors (Lipinski definition) is 3. The minimum Gasteiger partial charge on any atom is -0.381 e. The molecule has 0 radical (unpaired) electrons. The standard InChI is InChI=1S/C15H19N3.CH3NO/c1-2-11-5-10(1)6-12(7-11)18-15-9-17-14-8-16-4-3-13(14)15;2-1-3/h3-4,8-12,17-18H,1-2,5-7H2;1H,(H2,2,3). The monoisotopic (exact) mass is 286 g/mol. The number of anilines is 1. The van der Waals surface area contributed by atoms with Crippen LogP contribution in [-0.4, -0.2) is 22.4 Å². The average molecular weight is 286 g/mol. The molecule has 0 saturated heterocycles. The highest BCUT2D eigenvalue weighted by Crippen LogP contribution is 2.43. The van der Waals surface area contributed by atoms with E-state index in [2.05, 4.69) is 33.3 Å². The van der Waals surface area contributed by atoms with Gasteiger partial charge in [0.05, 0.1) is 17.4 Å². The fourth-order valence-corrected chi connectivity index (χ4v) is 3.94.